The van der Waals surface area contributed by atoms with Gasteiger partial charge in [-0.2, -0.15) is 0 Å². The SMILES string of the molecule is CC[Si](CC)(CC)O[C@H]1C[C@H]2OC[C@@]2(OC(C)=O)[C@H]2[C@H](OC(=O)c3ccccc3)[C@]3(O)C[C@H](OC(=O)[C@H](OC(C)(C)OC)[C@@H](NC(=O)OCC(C)C)c4ccco4)C(C)=C([C@@H](OC(=O)C4CC4)C(=O)[C@]12C)C3(C)C. The molecule has 4 aliphatic carbocycles. The van der Waals surface area contributed by atoms with Gasteiger partial charge in [0, 0.05) is 32.3 Å². The summed E-state index contributed by atoms with van der Waals surface area (Å²) in [7, 11) is -1.29. The molecular formula is C55H77NO17Si. The molecule has 408 valence electrons. The van der Waals surface area contributed by atoms with Crippen LogP contribution >= 0.6 is 0 Å². The molecule has 1 aliphatic heterocycles. The molecular weight excluding hydrogens is 975 g/mol. The largest absolute Gasteiger partial charge is 0.467 e. The van der Waals surface area contributed by atoms with E-state index in [-0.39, 0.29) is 48.0 Å². The summed E-state index contributed by atoms with van der Waals surface area (Å²) in [6.45, 7) is 20.7. The predicted octanol–water partition coefficient (Wildman–Crippen LogP) is 8.11. The van der Waals surface area contributed by atoms with E-state index in [0.29, 0.717) is 31.0 Å². The van der Waals surface area contributed by atoms with Crippen LogP contribution in [0.3, 0.4) is 0 Å². The van der Waals surface area contributed by atoms with E-state index >= 15 is 9.59 Å². The highest BCUT2D eigenvalue weighted by atomic mass is 28.4. The molecule has 4 fully saturated rings. The van der Waals surface area contributed by atoms with Crippen molar-refractivity contribution >= 4 is 44.1 Å². The molecule has 19 heteroatoms. The van der Waals surface area contributed by atoms with E-state index in [0.717, 1.165) is 0 Å². The number of amides is 1. The van der Waals surface area contributed by atoms with Crippen molar-refractivity contribution in [2.45, 2.75) is 187 Å². The second-order valence-electron chi connectivity index (χ2n) is 22.4. The van der Waals surface area contributed by atoms with Crippen LogP contribution in [0.4, 0.5) is 4.79 Å². The summed E-state index contributed by atoms with van der Waals surface area (Å²) in [5.41, 5.74) is -7.05. The van der Waals surface area contributed by atoms with Gasteiger partial charge in [0.25, 0.3) is 0 Å². The number of furan rings is 1. The first kappa shape index (κ1) is 56.8. The van der Waals surface area contributed by atoms with Crippen molar-refractivity contribution in [3.05, 3.63) is 71.2 Å². The van der Waals surface area contributed by atoms with E-state index in [4.69, 9.17) is 46.7 Å². The van der Waals surface area contributed by atoms with Crippen LogP contribution < -0.4 is 5.32 Å². The Kier molecular flexibility index (Phi) is 16.6. The Hall–Kier alpha value is -4.92. The number of hydrogen-bond acceptors (Lipinski definition) is 17. The monoisotopic (exact) mass is 1050 g/mol. The number of ether oxygens (including phenoxy) is 8. The van der Waals surface area contributed by atoms with Crippen LogP contribution in [0.2, 0.25) is 18.1 Å². The first-order chi connectivity index (χ1) is 34.8. The summed E-state index contributed by atoms with van der Waals surface area (Å²) in [4.78, 5) is 88.1. The molecule has 2 aromatic rings. The van der Waals surface area contributed by atoms with Crippen LogP contribution in [0.5, 0.6) is 0 Å². The quantitative estimate of drug-likeness (QED) is 0.0419. The van der Waals surface area contributed by atoms with Crippen LogP contribution in [-0.4, -0.2) is 123 Å². The molecule has 0 unspecified atom stereocenters. The Balaban J connectivity index is 1.48. The van der Waals surface area contributed by atoms with E-state index < -0.39 is 133 Å². The number of rotatable bonds is 20. The number of methoxy groups -OCH3 is 1. The summed E-state index contributed by atoms with van der Waals surface area (Å²) < 4.78 is 63.2. The lowest BCUT2D eigenvalue weighted by molar-refractivity contribution is -0.344. The fraction of sp³-hybridized carbons (Fsp3) is 0.673. The minimum atomic E-state index is -2.66. The van der Waals surface area contributed by atoms with Gasteiger partial charge in [0.2, 0.25) is 0 Å². The molecule has 1 aromatic carbocycles. The Bertz CT molecular complexity index is 2420. The highest BCUT2D eigenvalue weighted by molar-refractivity contribution is 6.73. The minimum Gasteiger partial charge on any atom is -0.467 e. The molecule has 7 rings (SSSR count). The fourth-order valence-corrected chi connectivity index (χ4v) is 14.8. The lowest BCUT2D eigenvalue weighted by Gasteiger charge is -2.68. The van der Waals surface area contributed by atoms with Gasteiger partial charge >= 0.3 is 30.0 Å². The molecule has 1 aromatic heterocycles. The van der Waals surface area contributed by atoms with Gasteiger partial charge in [-0.15, -0.1) is 0 Å². The number of carbonyl (C=O) groups is 6. The smallest absolute Gasteiger partial charge is 0.407 e. The Morgan fingerprint density at radius 1 is 0.946 bits per heavy atom. The number of Topliss-reactive ketones (excluding diaryl/α,β-unsaturated/α-hetero) is 1. The zero-order chi connectivity index (χ0) is 54.3. The third kappa shape index (κ3) is 10.5. The van der Waals surface area contributed by atoms with Crippen molar-refractivity contribution < 1.29 is 80.6 Å². The van der Waals surface area contributed by atoms with Crippen molar-refractivity contribution in [2.24, 2.45) is 28.6 Å². The molecule has 2 N–H and O–H groups in total. The van der Waals surface area contributed by atoms with E-state index in [1.807, 2.05) is 13.8 Å². The maximum absolute atomic E-state index is 16.7. The Morgan fingerprint density at radius 2 is 1.61 bits per heavy atom. The molecule has 3 saturated carbocycles. The van der Waals surface area contributed by atoms with E-state index in [1.165, 1.54) is 26.4 Å². The van der Waals surface area contributed by atoms with Gasteiger partial charge in [0.15, 0.2) is 37.7 Å². The normalized spacial score (nSPS) is 30.3. The van der Waals surface area contributed by atoms with Gasteiger partial charge in [0.05, 0.1) is 48.4 Å². The van der Waals surface area contributed by atoms with Crippen LogP contribution in [0.25, 0.3) is 0 Å². The first-order valence-electron chi connectivity index (χ1n) is 26.1. The number of nitrogens with one attached hydrogen (secondary N) is 1. The van der Waals surface area contributed by atoms with Crippen molar-refractivity contribution in [1.29, 1.82) is 0 Å². The molecule has 74 heavy (non-hydrogen) atoms. The van der Waals surface area contributed by atoms with Gasteiger partial charge in [0.1, 0.15) is 35.7 Å². The molecule has 1 saturated heterocycles. The van der Waals surface area contributed by atoms with Gasteiger partial charge < -0.3 is 57.2 Å². The second kappa shape index (κ2) is 21.6. The van der Waals surface area contributed by atoms with Crippen LogP contribution in [0.1, 0.15) is 131 Å². The summed E-state index contributed by atoms with van der Waals surface area (Å²) >= 11 is 0. The van der Waals surface area contributed by atoms with Crippen molar-refractivity contribution in [3.63, 3.8) is 0 Å². The average Bonchev–Trinajstić information content (AvgIpc) is 4.07. The number of benzene rings is 1. The zero-order valence-corrected chi connectivity index (χ0v) is 46.2. The molecule has 18 nitrogen and oxygen atoms in total. The fourth-order valence-electron chi connectivity index (χ4n) is 11.8. The maximum atomic E-state index is 16.7. The molecule has 11 atom stereocenters. The first-order valence-corrected chi connectivity index (χ1v) is 28.6. The molecule has 5 aliphatic rings. The zero-order valence-electron chi connectivity index (χ0n) is 45.2. The number of esters is 4. The summed E-state index contributed by atoms with van der Waals surface area (Å²) in [6, 6.07) is 11.9. The lowest BCUT2D eigenvalue weighted by Crippen LogP contribution is -2.82. The molecule has 0 radical (unpaired) electrons. The minimum absolute atomic E-state index is 0.0247. The Morgan fingerprint density at radius 3 is 2.15 bits per heavy atom. The second-order valence-corrected chi connectivity index (χ2v) is 27.1. The summed E-state index contributed by atoms with van der Waals surface area (Å²) in [5, 5.41) is 17.1. The van der Waals surface area contributed by atoms with Crippen molar-refractivity contribution in [1.82, 2.24) is 5.32 Å². The number of ketones is 1. The van der Waals surface area contributed by atoms with E-state index in [1.54, 1.807) is 77.9 Å². The number of aliphatic hydroxyl groups is 1. The van der Waals surface area contributed by atoms with Crippen LogP contribution in [0, 0.1) is 28.6 Å². The summed E-state index contributed by atoms with van der Waals surface area (Å²) in [5.74, 6) is -7.25. The number of alkyl carbamates (subject to hydrolysis) is 1. The number of hydrogen-bond donors (Lipinski definition) is 2. The van der Waals surface area contributed by atoms with Gasteiger partial charge in [-0.1, -0.05) is 66.7 Å². The van der Waals surface area contributed by atoms with Gasteiger partial charge in [-0.3, -0.25) is 14.4 Å². The topological polar surface area (TPSA) is 231 Å². The number of fused-ring (bicyclic) bond motifs is 5. The standard InChI is InChI=1S/C55H77NO17Si/c1-14-74(15-2,16-3)73-38-27-39-54(30-67-39,71-33(7)57)44-46(70-48(60)34-21-18-17-19-22-34)55(63)28-37(32(6)40(51(55,8)9)42(45(58)53(38,44)12)69-47(59)35-24-25-35)68-49(61)43(72-52(10,11)64-13)41(36-23-20-26-65-36)56-50(62)66-29-31(4)5/h17-23,26,31,35,37-39,41-44,46,63H,14-16,24-25,27-30H2,1-13H3,(H,56,62)/t37-,38-,39+,41-,42+,43+,44-,46-,53+,54-,55+/m0/s1. The predicted molar refractivity (Wildman–Crippen MR) is 268 cm³/mol. The lowest BCUT2D eigenvalue weighted by atomic mass is 9.44. The third-order valence-electron chi connectivity index (χ3n) is 16.7. The highest BCUT2D eigenvalue weighted by Crippen LogP contribution is 2.65. The average molecular weight is 1050 g/mol. The summed E-state index contributed by atoms with van der Waals surface area (Å²) in [6.07, 6.45) is -7.42. The van der Waals surface area contributed by atoms with Gasteiger partial charge in [-0.05, 0) is 100.0 Å². The van der Waals surface area contributed by atoms with Crippen LogP contribution in [0.15, 0.2) is 64.3 Å². The molecule has 2 bridgehead atoms. The van der Waals surface area contributed by atoms with Crippen molar-refractivity contribution in [2.75, 3.05) is 20.3 Å². The van der Waals surface area contributed by atoms with Gasteiger partial charge in [-0.25, -0.2) is 14.4 Å². The highest BCUT2D eigenvalue weighted by Gasteiger charge is 2.79. The molecule has 1 amide bonds. The third-order valence-corrected chi connectivity index (χ3v) is 21.4. The molecule has 0 spiro atoms. The van der Waals surface area contributed by atoms with Crippen molar-refractivity contribution in [3.8, 4) is 0 Å². The van der Waals surface area contributed by atoms with E-state index in [2.05, 4.69) is 26.1 Å². The van der Waals surface area contributed by atoms with E-state index in [9.17, 15) is 24.3 Å². The maximum Gasteiger partial charge on any atom is 0.407 e. The molecule has 2 heterocycles. The number of carbonyl (C=O) groups excluding carboxylic acids is 6. The Labute approximate surface area is 435 Å². The van der Waals surface area contributed by atoms with Crippen LogP contribution in [-0.2, 0) is 61.5 Å².